The fourth-order valence-corrected chi connectivity index (χ4v) is 3.31. The predicted octanol–water partition coefficient (Wildman–Crippen LogP) is 5.87. The molecule has 5 aromatic rings. The van der Waals surface area contributed by atoms with Crippen LogP contribution in [-0.4, -0.2) is 14.6 Å². The summed E-state index contributed by atoms with van der Waals surface area (Å²) in [5.41, 5.74) is 6.31. The van der Waals surface area contributed by atoms with E-state index in [9.17, 15) is 4.39 Å². The molecule has 3 aromatic carbocycles. The lowest BCUT2D eigenvalue weighted by molar-refractivity contribution is 0.628. The number of fused-ring (bicyclic) bond motifs is 1. The molecule has 5 rings (SSSR count). The third kappa shape index (κ3) is 2.95. The lowest BCUT2D eigenvalue weighted by atomic mass is 10.1. The normalized spacial score (nSPS) is 11.0. The average molecular weight is 365 g/mol. The summed E-state index contributed by atoms with van der Waals surface area (Å²) in [4.78, 5) is 4.82. The molecule has 0 saturated heterocycles. The monoisotopic (exact) mass is 365 g/mol. The topological polar surface area (TPSA) is 30.2 Å². The molecule has 0 saturated carbocycles. The summed E-state index contributed by atoms with van der Waals surface area (Å²) in [5.74, 6) is -0.262. The van der Waals surface area contributed by atoms with Crippen molar-refractivity contribution in [3.8, 4) is 33.8 Å². The van der Waals surface area contributed by atoms with Crippen molar-refractivity contribution >= 4 is 5.65 Å². The zero-order valence-electron chi connectivity index (χ0n) is 15.0. The molecule has 0 radical (unpaired) electrons. The molecule has 0 aliphatic carbocycles. The van der Waals surface area contributed by atoms with Crippen LogP contribution < -0.4 is 0 Å². The highest BCUT2D eigenvalue weighted by atomic mass is 19.1. The van der Waals surface area contributed by atoms with E-state index in [1.54, 1.807) is 12.1 Å². The number of aromatic nitrogens is 3. The van der Waals surface area contributed by atoms with Gasteiger partial charge in [-0.1, -0.05) is 60.7 Å². The number of rotatable bonds is 3. The maximum atomic E-state index is 13.3. The van der Waals surface area contributed by atoms with Crippen molar-refractivity contribution in [1.82, 2.24) is 14.6 Å². The van der Waals surface area contributed by atoms with Gasteiger partial charge >= 0.3 is 0 Å². The molecule has 0 spiro atoms. The van der Waals surface area contributed by atoms with Crippen molar-refractivity contribution in [3.63, 3.8) is 0 Å². The minimum Gasteiger partial charge on any atom is -0.228 e. The van der Waals surface area contributed by atoms with Crippen LogP contribution >= 0.6 is 0 Å². The Morgan fingerprint density at radius 2 is 1.21 bits per heavy atom. The van der Waals surface area contributed by atoms with E-state index in [2.05, 4.69) is 18.2 Å². The van der Waals surface area contributed by atoms with Gasteiger partial charge in [0.25, 0.3) is 0 Å². The van der Waals surface area contributed by atoms with Crippen LogP contribution in [0.5, 0.6) is 0 Å². The molecule has 28 heavy (non-hydrogen) atoms. The van der Waals surface area contributed by atoms with Crippen LogP contribution in [-0.2, 0) is 0 Å². The Morgan fingerprint density at radius 3 is 1.89 bits per heavy atom. The fraction of sp³-hybridized carbons (Fsp3) is 0. The van der Waals surface area contributed by atoms with Crippen LogP contribution in [0.4, 0.5) is 4.39 Å². The molecular formula is C24H16FN3. The first-order valence-electron chi connectivity index (χ1n) is 9.05. The Morgan fingerprint density at radius 1 is 0.607 bits per heavy atom. The predicted molar refractivity (Wildman–Crippen MR) is 109 cm³/mol. The third-order valence-electron chi connectivity index (χ3n) is 4.71. The molecule has 0 atom stereocenters. The van der Waals surface area contributed by atoms with Crippen molar-refractivity contribution in [3.05, 3.63) is 103 Å². The third-order valence-corrected chi connectivity index (χ3v) is 4.71. The quantitative estimate of drug-likeness (QED) is 0.400. The van der Waals surface area contributed by atoms with Crippen LogP contribution in [0, 0.1) is 5.82 Å². The maximum absolute atomic E-state index is 13.3. The van der Waals surface area contributed by atoms with E-state index in [0.29, 0.717) is 0 Å². The standard InChI is InChI=1S/C24H16FN3/c25-20-13-11-18(12-14-20)22-16-24-26-21(17-7-3-1-4-8-17)15-23(28(24)27-22)19-9-5-2-6-10-19/h1-16H. The second-order valence-electron chi connectivity index (χ2n) is 6.57. The van der Waals surface area contributed by atoms with Crippen LogP contribution in [0.25, 0.3) is 39.4 Å². The van der Waals surface area contributed by atoms with Gasteiger partial charge < -0.3 is 0 Å². The van der Waals surface area contributed by atoms with E-state index in [4.69, 9.17) is 10.1 Å². The molecule has 0 amide bonds. The Balaban J connectivity index is 1.75. The van der Waals surface area contributed by atoms with Gasteiger partial charge in [0.2, 0.25) is 0 Å². The molecule has 0 aliphatic rings. The summed E-state index contributed by atoms with van der Waals surface area (Å²) in [6.07, 6.45) is 0. The van der Waals surface area contributed by atoms with E-state index >= 15 is 0 Å². The Bertz CT molecular complexity index is 1240. The smallest absolute Gasteiger partial charge is 0.156 e. The molecule has 2 heterocycles. The van der Waals surface area contributed by atoms with Crippen LogP contribution in [0.15, 0.2) is 97.1 Å². The van der Waals surface area contributed by atoms with E-state index in [-0.39, 0.29) is 5.82 Å². The minimum atomic E-state index is -0.262. The summed E-state index contributed by atoms with van der Waals surface area (Å²) in [5, 5.41) is 4.76. The van der Waals surface area contributed by atoms with Crippen molar-refractivity contribution in [2.24, 2.45) is 0 Å². The first kappa shape index (κ1) is 16.4. The highest BCUT2D eigenvalue weighted by molar-refractivity contribution is 5.74. The van der Waals surface area contributed by atoms with Gasteiger partial charge in [-0.15, -0.1) is 0 Å². The average Bonchev–Trinajstić information content (AvgIpc) is 3.19. The van der Waals surface area contributed by atoms with Crippen molar-refractivity contribution < 1.29 is 4.39 Å². The van der Waals surface area contributed by atoms with E-state index in [1.807, 2.05) is 59.1 Å². The first-order valence-corrected chi connectivity index (χ1v) is 9.05. The number of hydrogen-bond acceptors (Lipinski definition) is 2. The Labute approximate surface area is 161 Å². The summed E-state index contributed by atoms with van der Waals surface area (Å²) in [6, 6.07) is 30.6. The maximum Gasteiger partial charge on any atom is 0.156 e. The molecule has 0 N–H and O–H groups in total. The number of benzene rings is 3. The van der Waals surface area contributed by atoms with Gasteiger partial charge in [0.1, 0.15) is 5.82 Å². The van der Waals surface area contributed by atoms with Gasteiger partial charge in [0.15, 0.2) is 5.65 Å². The van der Waals surface area contributed by atoms with Gasteiger partial charge in [-0.3, -0.25) is 0 Å². The molecular weight excluding hydrogens is 349 g/mol. The highest BCUT2D eigenvalue weighted by Gasteiger charge is 2.13. The van der Waals surface area contributed by atoms with Crippen molar-refractivity contribution in [2.75, 3.05) is 0 Å². The van der Waals surface area contributed by atoms with Crippen molar-refractivity contribution in [1.29, 1.82) is 0 Å². The van der Waals surface area contributed by atoms with Gasteiger partial charge in [-0.25, -0.2) is 13.9 Å². The van der Waals surface area contributed by atoms with Crippen LogP contribution in [0.1, 0.15) is 0 Å². The summed E-state index contributed by atoms with van der Waals surface area (Å²) >= 11 is 0. The second kappa shape index (κ2) is 6.74. The minimum absolute atomic E-state index is 0.262. The molecule has 3 nitrogen and oxygen atoms in total. The zero-order valence-corrected chi connectivity index (χ0v) is 15.0. The van der Waals surface area contributed by atoms with E-state index in [1.165, 1.54) is 12.1 Å². The number of halogens is 1. The lowest BCUT2D eigenvalue weighted by Crippen LogP contribution is -1.98. The largest absolute Gasteiger partial charge is 0.228 e. The number of nitrogens with zero attached hydrogens (tertiary/aromatic N) is 3. The van der Waals surface area contributed by atoms with Crippen LogP contribution in [0.3, 0.4) is 0 Å². The summed E-state index contributed by atoms with van der Waals surface area (Å²) in [6.45, 7) is 0. The van der Waals surface area contributed by atoms with E-state index < -0.39 is 0 Å². The Kier molecular flexibility index (Phi) is 3.95. The molecule has 2 aromatic heterocycles. The molecule has 4 heteroatoms. The SMILES string of the molecule is Fc1ccc(-c2cc3nc(-c4ccccc4)cc(-c4ccccc4)n3n2)cc1. The zero-order chi connectivity index (χ0) is 18.9. The molecule has 0 fully saturated rings. The molecule has 0 unspecified atom stereocenters. The molecule has 0 aliphatic heterocycles. The highest BCUT2D eigenvalue weighted by Crippen LogP contribution is 2.28. The van der Waals surface area contributed by atoms with Crippen molar-refractivity contribution in [2.45, 2.75) is 0 Å². The van der Waals surface area contributed by atoms with E-state index in [0.717, 1.165) is 39.4 Å². The summed E-state index contributed by atoms with van der Waals surface area (Å²) < 4.78 is 15.1. The fourth-order valence-electron chi connectivity index (χ4n) is 3.31. The first-order chi connectivity index (χ1) is 13.8. The van der Waals surface area contributed by atoms with Gasteiger partial charge in [0, 0.05) is 22.8 Å². The number of hydrogen-bond donors (Lipinski definition) is 0. The van der Waals surface area contributed by atoms with Gasteiger partial charge in [0.05, 0.1) is 17.1 Å². The Hall–Kier alpha value is -3.79. The van der Waals surface area contributed by atoms with Gasteiger partial charge in [-0.2, -0.15) is 5.10 Å². The molecule has 134 valence electrons. The van der Waals surface area contributed by atoms with Crippen LogP contribution in [0.2, 0.25) is 0 Å². The second-order valence-corrected chi connectivity index (χ2v) is 6.57. The van der Waals surface area contributed by atoms with Gasteiger partial charge in [-0.05, 0) is 30.3 Å². The molecule has 0 bridgehead atoms. The summed E-state index contributed by atoms with van der Waals surface area (Å²) in [7, 11) is 0. The lowest BCUT2D eigenvalue weighted by Gasteiger charge is -2.08.